The predicted molar refractivity (Wildman–Crippen MR) is 80.6 cm³/mol. The molecule has 0 aliphatic carbocycles. The third-order valence-corrected chi connectivity index (χ3v) is 3.32. The van der Waals surface area contributed by atoms with Gasteiger partial charge in [-0.25, -0.2) is 4.68 Å². The smallest absolute Gasteiger partial charge is 0.242 e. The molecule has 5 nitrogen and oxygen atoms in total. The van der Waals surface area contributed by atoms with Crippen LogP contribution >= 0.6 is 0 Å². The fourth-order valence-corrected chi connectivity index (χ4v) is 2.13. The maximum absolute atomic E-state index is 12.0. The summed E-state index contributed by atoms with van der Waals surface area (Å²) in [6.07, 6.45) is 0. The number of nitrogens with one attached hydrogen (secondary N) is 1. The normalized spacial score (nSPS) is 10.7. The van der Waals surface area contributed by atoms with E-state index >= 15 is 0 Å². The molecule has 0 atom stereocenters. The summed E-state index contributed by atoms with van der Waals surface area (Å²) in [6, 6.07) is 15.7. The van der Waals surface area contributed by atoms with Crippen molar-refractivity contribution in [1.82, 2.24) is 20.3 Å². The number of hydrogen-bond donors (Lipinski definition) is 1. The highest BCUT2D eigenvalue weighted by molar-refractivity contribution is 5.79. The number of para-hydroxylation sites is 1. The molecule has 3 aromatic rings. The van der Waals surface area contributed by atoms with Crippen molar-refractivity contribution in [3.05, 3.63) is 59.7 Å². The zero-order valence-electron chi connectivity index (χ0n) is 11.8. The first kappa shape index (κ1) is 13.3. The number of hydrogen-bond acceptors (Lipinski definition) is 3. The lowest BCUT2D eigenvalue weighted by molar-refractivity contribution is -0.121. The molecule has 5 heteroatoms. The molecule has 1 amide bonds. The maximum Gasteiger partial charge on any atom is 0.242 e. The second-order valence-corrected chi connectivity index (χ2v) is 5.00. The Kier molecular flexibility index (Phi) is 3.64. The van der Waals surface area contributed by atoms with Crippen molar-refractivity contribution in [3.63, 3.8) is 0 Å². The number of aromatic nitrogens is 3. The first-order valence-electron chi connectivity index (χ1n) is 6.83. The molecule has 1 aromatic heterocycles. The number of nitrogens with zero attached hydrogens (tertiary/aromatic N) is 3. The van der Waals surface area contributed by atoms with E-state index in [-0.39, 0.29) is 12.5 Å². The van der Waals surface area contributed by atoms with Gasteiger partial charge in [0.2, 0.25) is 5.91 Å². The molecule has 0 aliphatic rings. The van der Waals surface area contributed by atoms with Crippen LogP contribution in [-0.2, 0) is 17.9 Å². The van der Waals surface area contributed by atoms with Crippen LogP contribution in [0.4, 0.5) is 0 Å². The largest absolute Gasteiger partial charge is 0.350 e. The molecule has 0 unspecified atom stereocenters. The zero-order chi connectivity index (χ0) is 14.7. The van der Waals surface area contributed by atoms with Crippen LogP contribution in [0.1, 0.15) is 11.1 Å². The van der Waals surface area contributed by atoms with E-state index in [1.54, 1.807) is 4.68 Å². The van der Waals surface area contributed by atoms with E-state index in [2.05, 4.69) is 15.6 Å². The summed E-state index contributed by atoms with van der Waals surface area (Å²) in [4.78, 5) is 12.0. The maximum atomic E-state index is 12.0. The van der Waals surface area contributed by atoms with E-state index in [4.69, 9.17) is 0 Å². The van der Waals surface area contributed by atoms with Gasteiger partial charge in [0, 0.05) is 6.54 Å². The van der Waals surface area contributed by atoms with Crippen LogP contribution in [0.3, 0.4) is 0 Å². The van der Waals surface area contributed by atoms with Crippen molar-refractivity contribution >= 4 is 16.9 Å². The van der Waals surface area contributed by atoms with Gasteiger partial charge in [-0.15, -0.1) is 5.10 Å². The van der Waals surface area contributed by atoms with Gasteiger partial charge < -0.3 is 5.32 Å². The minimum Gasteiger partial charge on any atom is -0.350 e. The molecule has 0 radical (unpaired) electrons. The highest BCUT2D eigenvalue weighted by Crippen LogP contribution is 2.09. The number of amides is 1. The van der Waals surface area contributed by atoms with Crippen LogP contribution in [0, 0.1) is 6.92 Å². The van der Waals surface area contributed by atoms with Gasteiger partial charge >= 0.3 is 0 Å². The van der Waals surface area contributed by atoms with Crippen molar-refractivity contribution < 1.29 is 4.79 Å². The molecular formula is C16H16N4O. The SMILES string of the molecule is Cc1ccc(CNC(=O)Cn2nnc3ccccc32)cc1. The molecule has 0 saturated carbocycles. The van der Waals surface area contributed by atoms with Gasteiger partial charge in [-0.2, -0.15) is 0 Å². The summed E-state index contributed by atoms with van der Waals surface area (Å²) < 4.78 is 1.61. The minimum absolute atomic E-state index is 0.0776. The summed E-state index contributed by atoms with van der Waals surface area (Å²) in [5, 5.41) is 10.9. The molecule has 0 aliphatic heterocycles. The number of aryl methyl sites for hydroxylation is 1. The van der Waals surface area contributed by atoms with Crippen LogP contribution in [-0.4, -0.2) is 20.9 Å². The Balaban J connectivity index is 1.62. The average molecular weight is 280 g/mol. The Morgan fingerprint density at radius 1 is 1.14 bits per heavy atom. The molecule has 106 valence electrons. The molecule has 21 heavy (non-hydrogen) atoms. The van der Waals surface area contributed by atoms with E-state index in [9.17, 15) is 4.79 Å². The third-order valence-electron chi connectivity index (χ3n) is 3.32. The molecule has 1 heterocycles. The Morgan fingerprint density at radius 3 is 2.71 bits per heavy atom. The Hall–Kier alpha value is -2.69. The van der Waals surface area contributed by atoms with Crippen LogP contribution in [0.15, 0.2) is 48.5 Å². The molecule has 0 bridgehead atoms. The fraction of sp³-hybridized carbons (Fsp3) is 0.188. The molecule has 0 spiro atoms. The number of rotatable bonds is 4. The molecule has 0 fully saturated rings. The van der Waals surface area contributed by atoms with Gasteiger partial charge in [-0.05, 0) is 24.6 Å². The standard InChI is InChI=1S/C16H16N4O/c1-12-6-8-13(9-7-12)10-17-16(21)11-20-15-5-3-2-4-14(15)18-19-20/h2-9H,10-11H2,1H3,(H,17,21). The third kappa shape index (κ3) is 3.08. The Labute approximate surface area is 122 Å². The highest BCUT2D eigenvalue weighted by atomic mass is 16.2. The van der Waals surface area contributed by atoms with E-state index in [0.29, 0.717) is 6.54 Å². The lowest BCUT2D eigenvalue weighted by Crippen LogP contribution is -2.27. The summed E-state index contributed by atoms with van der Waals surface area (Å²) in [5.74, 6) is -0.0776. The van der Waals surface area contributed by atoms with E-state index < -0.39 is 0 Å². The highest BCUT2D eigenvalue weighted by Gasteiger charge is 2.08. The summed E-state index contributed by atoms with van der Waals surface area (Å²) in [7, 11) is 0. The Morgan fingerprint density at radius 2 is 1.90 bits per heavy atom. The van der Waals surface area contributed by atoms with E-state index in [0.717, 1.165) is 16.6 Å². The molecule has 0 saturated heterocycles. The molecule has 2 aromatic carbocycles. The van der Waals surface area contributed by atoms with Crippen LogP contribution in [0.2, 0.25) is 0 Å². The second kappa shape index (κ2) is 5.75. The van der Waals surface area contributed by atoms with E-state index in [1.165, 1.54) is 5.56 Å². The number of benzene rings is 2. The number of carbonyl (C=O) groups excluding carboxylic acids is 1. The van der Waals surface area contributed by atoms with Gasteiger partial charge in [0.1, 0.15) is 12.1 Å². The summed E-state index contributed by atoms with van der Waals surface area (Å²) in [5.41, 5.74) is 3.95. The van der Waals surface area contributed by atoms with Crippen LogP contribution < -0.4 is 5.32 Å². The predicted octanol–water partition coefficient (Wildman–Crippen LogP) is 2.06. The van der Waals surface area contributed by atoms with Crippen LogP contribution in [0.5, 0.6) is 0 Å². The molecular weight excluding hydrogens is 264 g/mol. The van der Waals surface area contributed by atoms with Crippen molar-refractivity contribution in [2.45, 2.75) is 20.0 Å². The van der Waals surface area contributed by atoms with Gasteiger partial charge in [0.25, 0.3) is 0 Å². The molecule has 3 rings (SSSR count). The topological polar surface area (TPSA) is 59.8 Å². The van der Waals surface area contributed by atoms with Crippen molar-refractivity contribution in [2.75, 3.05) is 0 Å². The van der Waals surface area contributed by atoms with Crippen LogP contribution in [0.25, 0.3) is 11.0 Å². The van der Waals surface area contributed by atoms with Gasteiger partial charge in [0.15, 0.2) is 0 Å². The first-order valence-corrected chi connectivity index (χ1v) is 6.83. The lowest BCUT2D eigenvalue weighted by atomic mass is 10.1. The lowest BCUT2D eigenvalue weighted by Gasteiger charge is -2.06. The number of carbonyl (C=O) groups is 1. The van der Waals surface area contributed by atoms with Crippen molar-refractivity contribution in [3.8, 4) is 0 Å². The van der Waals surface area contributed by atoms with E-state index in [1.807, 2.05) is 55.5 Å². The quantitative estimate of drug-likeness (QED) is 0.795. The Bertz CT molecular complexity index is 761. The minimum atomic E-state index is -0.0776. The van der Waals surface area contributed by atoms with Gasteiger partial charge in [0.05, 0.1) is 5.52 Å². The molecule has 1 N–H and O–H groups in total. The first-order chi connectivity index (χ1) is 10.2. The number of fused-ring (bicyclic) bond motifs is 1. The second-order valence-electron chi connectivity index (χ2n) is 5.00. The monoisotopic (exact) mass is 280 g/mol. The summed E-state index contributed by atoms with van der Waals surface area (Å²) >= 11 is 0. The summed E-state index contributed by atoms with van der Waals surface area (Å²) in [6.45, 7) is 2.73. The van der Waals surface area contributed by atoms with Crippen molar-refractivity contribution in [2.24, 2.45) is 0 Å². The van der Waals surface area contributed by atoms with Crippen molar-refractivity contribution in [1.29, 1.82) is 0 Å². The van der Waals surface area contributed by atoms with Gasteiger partial charge in [-0.3, -0.25) is 4.79 Å². The zero-order valence-corrected chi connectivity index (χ0v) is 11.8. The fourth-order valence-electron chi connectivity index (χ4n) is 2.13. The average Bonchev–Trinajstić information content (AvgIpc) is 2.90. The van der Waals surface area contributed by atoms with Gasteiger partial charge in [-0.1, -0.05) is 47.2 Å².